The van der Waals surface area contributed by atoms with Gasteiger partial charge in [-0.2, -0.15) is 0 Å². The van der Waals surface area contributed by atoms with Gasteiger partial charge in [-0.1, -0.05) is 5.16 Å². The lowest BCUT2D eigenvalue weighted by atomic mass is 9.86. The van der Waals surface area contributed by atoms with Gasteiger partial charge in [0.2, 0.25) is 0 Å². The van der Waals surface area contributed by atoms with Crippen LogP contribution in [0.5, 0.6) is 0 Å². The number of aromatic nitrogens is 1. The van der Waals surface area contributed by atoms with E-state index in [1.54, 1.807) is 0 Å². The Morgan fingerprint density at radius 3 is 2.25 bits per heavy atom. The van der Waals surface area contributed by atoms with Crippen molar-refractivity contribution in [1.29, 1.82) is 0 Å². The second-order valence-electron chi connectivity index (χ2n) is 1.95. The van der Waals surface area contributed by atoms with Gasteiger partial charge < -0.3 is 4.52 Å². The van der Waals surface area contributed by atoms with Gasteiger partial charge in [0.05, 0.1) is 0 Å². The summed E-state index contributed by atoms with van der Waals surface area (Å²) in [6.07, 6.45) is 0. The van der Waals surface area contributed by atoms with Crippen molar-refractivity contribution in [2.75, 3.05) is 0 Å². The van der Waals surface area contributed by atoms with E-state index in [0.29, 0.717) is 0 Å². The van der Waals surface area contributed by atoms with E-state index >= 15 is 0 Å². The minimum Gasteiger partial charge on any atom is -0.363 e. The summed E-state index contributed by atoms with van der Waals surface area (Å²) in [4.78, 5) is 0. The van der Waals surface area contributed by atoms with Gasteiger partial charge in [-0.05, 0) is 12.4 Å². The Kier molecular flexibility index (Phi) is 1.16. The number of hydrogen-bond acceptors (Lipinski definition) is 2. The molecular formula is C4H7B2NO. The second kappa shape index (κ2) is 1.69. The van der Waals surface area contributed by atoms with Crippen LogP contribution in [0.3, 0.4) is 0 Å². The zero-order chi connectivity index (χ0) is 6.15. The molecule has 0 atom stereocenters. The molecule has 1 heterocycles. The van der Waals surface area contributed by atoms with Crippen molar-refractivity contribution in [3.63, 3.8) is 0 Å². The predicted molar refractivity (Wildman–Crippen MR) is 37.6 cm³/mol. The van der Waals surface area contributed by atoms with Crippen LogP contribution in [0, 0.1) is 6.92 Å². The Balaban J connectivity index is 3.19. The van der Waals surface area contributed by atoms with Crippen LogP contribution >= 0.6 is 0 Å². The topological polar surface area (TPSA) is 26.0 Å². The molecule has 0 fully saturated rings. The predicted octanol–water partition coefficient (Wildman–Crippen LogP) is -2.50. The molecule has 40 valence electrons. The van der Waals surface area contributed by atoms with E-state index in [4.69, 9.17) is 4.52 Å². The fourth-order valence-electron chi connectivity index (χ4n) is 0.529. The highest BCUT2D eigenvalue weighted by Crippen LogP contribution is 1.82. The van der Waals surface area contributed by atoms with Gasteiger partial charge in [-0.25, -0.2) is 0 Å². The summed E-state index contributed by atoms with van der Waals surface area (Å²) in [5.41, 5.74) is 2.15. The molecule has 0 bridgehead atoms. The third kappa shape index (κ3) is 0.660. The first-order valence-electron chi connectivity index (χ1n) is 2.61. The molecule has 1 rings (SSSR count). The molecule has 2 nitrogen and oxygen atoms in total. The maximum atomic E-state index is 4.84. The van der Waals surface area contributed by atoms with Crippen molar-refractivity contribution >= 4 is 26.7 Å². The van der Waals surface area contributed by atoms with E-state index in [1.165, 1.54) is 0 Å². The summed E-state index contributed by atoms with van der Waals surface area (Å²) in [5, 5.41) is 3.74. The van der Waals surface area contributed by atoms with Gasteiger partial charge >= 0.3 is 0 Å². The third-order valence-electron chi connectivity index (χ3n) is 1.39. The average molecular weight is 107 g/mol. The van der Waals surface area contributed by atoms with Crippen LogP contribution in [-0.2, 0) is 0 Å². The lowest BCUT2D eigenvalue weighted by Crippen LogP contribution is -2.24. The Labute approximate surface area is 50.1 Å². The number of nitrogens with zero attached hydrogens (tertiary/aromatic N) is 1. The number of rotatable bonds is 0. The van der Waals surface area contributed by atoms with E-state index in [9.17, 15) is 0 Å². The van der Waals surface area contributed by atoms with E-state index in [-0.39, 0.29) is 0 Å². The van der Waals surface area contributed by atoms with Crippen LogP contribution in [0.25, 0.3) is 0 Å². The molecule has 0 amide bonds. The summed E-state index contributed by atoms with van der Waals surface area (Å²) in [5.74, 6) is 0.919. The molecule has 1 aromatic heterocycles. The normalized spacial score (nSPS) is 9.62. The van der Waals surface area contributed by atoms with Crippen LogP contribution in [0.1, 0.15) is 5.76 Å². The van der Waals surface area contributed by atoms with Crippen molar-refractivity contribution < 1.29 is 4.52 Å². The van der Waals surface area contributed by atoms with Gasteiger partial charge in [-0.3, -0.25) is 0 Å². The molecule has 0 aromatic carbocycles. The molecule has 0 aliphatic heterocycles. The summed E-state index contributed by atoms with van der Waals surface area (Å²) in [6, 6.07) is 0. The van der Waals surface area contributed by atoms with Crippen molar-refractivity contribution in [1.82, 2.24) is 5.16 Å². The standard InChI is InChI=1S/C4H7B2NO/c1-2-3(5)4(6)7-8-2/h5-6H2,1H3. The van der Waals surface area contributed by atoms with Crippen molar-refractivity contribution in [3.05, 3.63) is 5.76 Å². The highest BCUT2D eigenvalue weighted by molar-refractivity contribution is 6.47. The van der Waals surface area contributed by atoms with Crippen LogP contribution in [0.2, 0.25) is 0 Å². The maximum Gasteiger partial charge on any atom is 0.167 e. The first kappa shape index (κ1) is 5.48. The minimum absolute atomic E-state index is 0.919. The fourth-order valence-corrected chi connectivity index (χ4v) is 0.529. The molecule has 0 radical (unpaired) electrons. The third-order valence-corrected chi connectivity index (χ3v) is 1.39. The highest BCUT2D eigenvalue weighted by atomic mass is 16.5. The molecule has 8 heavy (non-hydrogen) atoms. The molecule has 0 saturated heterocycles. The molecular weight excluding hydrogens is 99.7 g/mol. The van der Waals surface area contributed by atoms with Crippen molar-refractivity contribution in [2.45, 2.75) is 6.92 Å². The summed E-state index contributed by atoms with van der Waals surface area (Å²) in [6.45, 7) is 1.91. The van der Waals surface area contributed by atoms with Crippen LogP contribution < -0.4 is 11.1 Å². The van der Waals surface area contributed by atoms with Gasteiger partial charge in [-0.15, -0.1) is 0 Å². The van der Waals surface area contributed by atoms with E-state index in [1.807, 2.05) is 22.6 Å². The van der Waals surface area contributed by atoms with Gasteiger partial charge in [0, 0.05) is 5.59 Å². The highest BCUT2D eigenvalue weighted by Gasteiger charge is 1.99. The number of hydrogen-bond donors (Lipinski definition) is 0. The van der Waals surface area contributed by atoms with Crippen LogP contribution in [0.15, 0.2) is 4.52 Å². The molecule has 0 aliphatic carbocycles. The Morgan fingerprint density at radius 1 is 1.50 bits per heavy atom. The maximum absolute atomic E-state index is 4.84. The lowest BCUT2D eigenvalue weighted by molar-refractivity contribution is 0.403. The zero-order valence-electron chi connectivity index (χ0n) is 5.36. The molecule has 0 unspecified atom stereocenters. The second-order valence-corrected chi connectivity index (χ2v) is 1.95. The van der Waals surface area contributed by atoms with Crippen LogP contribution in [0.4, 0.5) is 0 Å². The Bertz CT molecular complexity index is 176. The average Bonchev–Trinajstić information content (AvgIpc) is 1.98. The molecule has 0 spiro atoms. The SMILES string of the molecule is Bc1noc(C)c1B. The quantitative estimate of drug-likeness (QED) is 0.342. The Morgan fingerprint density at radius 2 is 2.12 bits per heavy atom. The van der Waals surface area contributed by atoms with Crippen molar-refractivity contribution in [2.24, 2.45) is 0 Å². The summed E-state index contributed by atoms with van der Waals surface area (Å²) in [7, 11) is 3.94. The van der Waals surface area contributed by atoms with Crippen LogP contribution in [-0.4, -0.2) is 20.8 Å². The molecule has 0 N–H and O–H groups in total. The van der Waals surface area contributed by atoms with E-state index in [0.717, 1.165) is 16.8 Å². The monoisotopic (exact) mass is 107 g/mol. The minimum atomic E-state index is 0.919. The van der Waals surface area contributed by atoms with Gasteiger partial charge in [0.1, 0.15) is 13.6 Å². The molecule has 0 aliphatic rings. The van der Waals surface area contributed by atoms with Gasteiger partial charge in [0.25, 0.3) is 0 Å². The summed E-state index contributed by atoms with van der Waals surface area (Å²) >= 11 is 0. The fraction of sp³-hybridized carbons (Fsp3) is 0.250. The first-order valence-corrected chi connectivity index (χ1v) is 2.61. The molecule has 0 saturated carbocycles. The smallest absolute Gasteiger partial charge is 0.167 e. The molecule has 1 aromatic rings. The molecule has 4 heteroatoms. The number of aryl methyl sites for hydroxylation is 1. The largest absolute Gasteiger partial charge is 0.363 e. The van der Waals surface area contributed by atoms with Gasteiger partial charge in [0.15, 0.2) is 7.85 Å². The summed E-state index contributed by atoms with van der Waals surface area (Å²) < 4.78 is 4.84. The van der Waals surface area contributed by atoms with E-state index in [2.05, 4.69) is 5.16 Å². The van der Waals surface area contributed by atoms with Crippen molar-refractivity contribution in [3.8, 4) is 0 Å². The Hall–Kier alpha value is -0.660. The lowest BCUT2D eigenvalue weighted by Gasteiger charge is -1.80. The van der Waals surface area contributed by atoms with E-state index < -0.39 is 0 Å². The first-order chi connectivity index (χ1) is 3.72. The zero-order valence-corrected chi connectivity index (χ0v) is 5.36.